The van der Waals surface area contributed by atoms with Gasteiger partial charge in [-0.15, -0.1) is 0 Å². The standard InChI is InChI=1S/C13H21NO/c1-3-15-10-9-13(14-2)11-12-7-5-4-6-8-12/h4-8,13-14H,3,9-11H2,1-2H3. The summed E-state index contributed by atoms with van der Waals surface area (Å²) in [5, 5.41) is 3.33. The van der Waals surface area contributed by atoms with Crippen molar-refractivity contribution < 1.29 is 4.74 Å². The Bertz CT molecular complexity index is 248. The van der Waals surface area contributed by atoms with E-state index in [1.807, 2.05) is 14.0 Å². The summed E-state index contributed by atoms with van der Waals surface area (Å²) in [7, 11) is 2.01. The van der Waals surface area contributed by atoms with Crippen LogP contribution in [0.5, 0.6) is 0 Å². The molecule has 0 spiro atoms. The summed E-state index contributed by atoms with van der Waals surface area (Å²) in [6.45, 7) is 3.68. The molecule has 0 aromatic heterocycles. The third-order valence-corrected chi connectivity index (χ3v) is 2.55. The first-order valence-electron chi connectivity index (χ1n) is 5.65. The molecule has 2 heteroatoms. The Hall–Kier alpha value is -0.860. The summed E-state index contributed by atoms with van der Waals surface area (Å²) in [6, 6.07) is 11.1. The molecule has 0 bridgehead atoms. The first kappa shape index (κ1) is 12.2. The fraction of sp³-hybridized carbons (Fsp3) is 0.538. The van der Waals surface area contributed by atoms with Crippen LogP contribution in [0.3, 0.4) is 0 Å². The van der Waals surface area contributed by atoms with Crippen LogP contribution in [-0.4, -0.2) is 26.3 Å². The predicted octanol–water partition coefficient (Wildman–Crippen LogP) is 2.24. The molecule has 1 aromatic carbocycles. The molecule has 0 saturated carbocycles. The normalized spacial score (nSPS) is 12.7. The van der Waals surface area contributed by atoms with Crippen molar-refractivity contribution in [1.29, 1.82) is 0 Å². The number of nitrogens with one attached hydrogen (secondary N) is 1. The van der Waals surface area contributed by atoms with E-state index in [1.54, 1.807) is 0 Å². The predicted molar refractivity (Wildman–Crippen MR) is 64.1 cm³/mol. The number of benzene rings is 1. The van der Waals surface area contributed by atoms with Crippen LogP contribution < -0.4 is 5.32 Å². The van der Waals surface area contributed by atoms with E-state index in [-0.39, 0.29) is 0 Å². The second kappa shape index (κ2) is 7.43. The van der Waals surface area contributed by atoms with Crippen molar-refractivity contribution in [2.45, 2.75) is 25.8 Å². The highest BCUT2D eigenvalue weighted by atomic mass is 16.5. The molecular weight excluding hydrogens is 186 g/mol. The number of hydrogen-bond donors (Lipinski definition) is 1. The molecule has 1 N–H and O–H groups in total. The second-order valence-electron chi connectivity index (χ2n) is 3.66. The van der Waals surface area contributed by atoms with E-state index in [2.05, 4.69) is 35.6 Å². The Balaban J connectivity index is 2.33. The molecule has 1 aromatic rings. The summed E-state index contributed by atoms with van der Waals surface area (Å²) < 4.78 is 5.36. The smallest absolute Gasteiger partial charge is 0.0480 e. The first-order chi connectivity index (χ1) is 7.36. The lowest BCUT2D eigenvalue weighted by Gasteiger charge is -2.15. The van der Waals surface area contributed by atoms with Gasteiger partial charge in [-0.2, -0.15) is 0 Å². The SMILES string of the molecule is CCOCCC(Cc1ccccc1)NC. The second-order valence-corrected chi connectivity index (χ2v) is 3.66. The van der Waals surface area contributed by atoms with Gasteiger partial charge in [0.05, 0.1) is 0 Å². The van der Waals surface area contributed by atoms with E-state index in [0.717, 1.165) is 26.1 Å². The van der Waals surface area contributed by atoms with Crippen molar-refractivity contribution in [3.63, 3.8) is 0 Å². The van der Waals surface area contributed by atoms with Gasteiger partial charge in [-0.25, -0.2) is 0 Å². The fourth-order valence-electron chi connectivity index (χ4n) is 1.62. The molecule has 0 heterocycles. The van der Waals surface area contributed by atoms with Crippen LogP contribution in [-0.2, 0) is 11.2 Å². The molecule has 0 saturated heterocycles. The topological polar surface area (TPSA) is 21.3 Å². The van der Waals surface area contributed by atoms with Gasteiger partial charge in [0.2, 0.25) is 0 Å². The highest BCUT2D eigenvalue weighted by Gasteiger charge is 2.06. The molecule has 84 valence electrons. The van der Waals surface area contributed by atoms with Crippen LogP contribution in [0.1, 0.15) is 18.9 Å². The Morgan fingerprint density at radius 3 is 2.60 bits per heavy atom. The van der Waals surface area contributed by atoms with Gasteiger partial charge in [-0.1, -0.05) is 30.3 Å². The molecular formula is C13H21NO. The largest absolute Gasteiger partial charge is 0.382 e. The number of ether oxygens (including phenoxy) is 1. The molecule has 0 aliphatic rings. The summed E-state index contributed by atoms with van der Waals surface area (Å²) >= 11 is 0. The van der Waals surface area contributed by atoms with E-state index in [1.165, 1.54) is 5.56 Å². The molecule has 2 nitrogen and oxygen atoms in total. The van der Waals surface area contributed by atoms with Crippen molar-refractivity contribution in [2.75, 3.05) is 20.3 Å². The first-order valence-corrected chi connectivity index (χ1v) is 5.65. The zero-order valence-electron chi connectivity index (χ0n) is 9.70. The van der Waals surface area contributed by atoms with Crippen molar-refractivity contribution in [3.05, 3.63) is 35.9 Å². The monoisotopic (exact) mass is 207 g/mol. The highest BCUT2D eigenvalue weighted by Crippen LogP contribution is 2.05. The third kappa shape index (κ3) is 4.96. The molecule has 0 fully saturated rings. The Morgan fingerprint density at radius 1 is 1.27 bits per heavy atom. The molecule has 15 heavy (non-hydrogen) atoms. The van der Waals surface area contributed by atoms with Gasteiger partial charge in [-0.05, 0) is 32.4 Å². The maximum atomic E-state index is 5.36. The molecule has 1 unspecified atom stereocenters. The molecule has 0 radical (unpaired) electrons. The maximum Gasteiger partial charge on any atom is 0.0480 e. The minimum atomic E-state index is 0.513. The average Bonchev–Trinajstić information content (AvgIpc) is 2.29. The van der Waals surface area contributed by atoms with E-state index < -0.39 is 0 Å². The third-order valence-electron chi connectivity index (χ3n) is 2.55. The quantitative estimate of drug-likeness (QED) is 0.692. The van der Waals surface area contributed by atoms with Crippen LogP contribution in [0.4, 0.5) is 0 Å². The van der Waals surface area contributed by atoms with Gasteiger partial charge in [0.25, 0.3) is 0 Å². The zero-order chi connectivity index (χ0) is 10.9. The summed E-state index contributed by atoms with van der Waals surface area (Å²) in [6.07, 6.45) is 2.14. The Morgan fingerprint density at radius 2 is 2.00 bits per heavy atom. The Kier molecular flexibility index (Phi) is 6.05. The summed E-state index contributed by atoms with van der Waals surface area (Å²) in [5.74, 6) is 0. The lowest BCUT2D eigenvalue weighted by molar-refractivity contribution is 0.137. The summed E-state index contributed by atoms with van der Waals surface area (Å²) in [4.78, 5) is 0. The minimum absolute atomic E-state index is 0.513. The van der Waals surface area contributed by atoms with Gasteiger partial charge < -0.3 is 10.1 Å². The van der Waals surface area contributed by atoms with Crippen LogP contribution in [0.15, 0.2) is 30.3 Å². The average molecular weight is 207 g/mol. The number of hydrogen-bond acceptors (Lipinski definition) is 2. The minimum Gasteiger partial charge on any atom is -0.382 e. The van der Waals surface area contributed by atoms with Gasteiger partial charge in [0, 0.05) is 19.3 Å². The van der Waals surface area contributed by atoms with Crippen LogP contribution in [0.25, 0.3) is 0 Å². The van der Waals surface area contributed by atoms with Gasteiger partial charge in [0.15, 0.2) is 0 Å². The lowest BCUT2D eigenvalue weighted by Crippen LogP contribution is -2.29. The molecule has 1 atom stereocenters. The molecule has 0 aliphatic carbocycles. The molecule has 0 amide bonds. The van der Waals surface area contributed by atoms with E-state index in [4.69, 9.17) is 4.74 Å². The van der Waals surface area contributed by atoms with Gasteiger partial charge >= 0.3 is 0 Å². The van der Waals surface area contributed by atoms with E-state index in [9.17, 15) is 0 Å². The van der Waals surface area contributed by atoms with Crippen molar-refractivity contribution in [3.8, 4) is 0 Å². The lowest BCUT2D eigenvalue weighted by atomic mass is 10.0. The van der Waals surface area contributed by atoms with Crippen LogP contribution in [0, 0.1) is 0 Å². The summed E-state index contributed by atoms with van der Waals surface area (Å²) in [5.41, 5.74) is 1.38. The Labute approximate surface area is 92.6 Å². The number of likely N-dealkylation sites (N-methyl/N-ethyl adjacent to an activating group) is 1. The van der Waals surface area contributed by atoms with Crippen molar-refractivity contribution in [2.24, 2.45) is 0 Å². The fourth-order valence-corrected chi connectivity index (χ4v) is 1.62. The van der Waals surface area contributed by atoms with E-state index >= 15 is 0 Å². The van der Waals surface area contributed by atoms with E-state index in [0.29, 0.717) is 6.04 Å². The zero-order valence-corrected chi connectivity index (χ0v) is 9.70. The van der Waals surface area contributed by atoms with Gasteiger partial charge in [-0.3, -0.25) is 0 Å². The van der Waals surface area contributed by atoms with Crippen molar-refractivity contribution in [1.82, 2.24) is 5.32 Å². The van der Waals surface area contributed by atoms with Crippen LogP contribution in [0.2, 0.25) is 0 Å². The number of rotatable bonds is 7. The van der Waals surface area contributed by atoms with Crippen molar-refractivity contribution >= 4 is 0 Å². The van der Waals surface area contributed by atoms with Crippen LogP contribution >= 0.6 is 0 Å². The molecule has 0 aliphatic heterocycles. The van der Waals surface area contributed by atoms with Gasteiger partial charge in [0.1, 0.15) is 0 Å². The molecule has 1 rings (SSSR count). The highest BCUT2D eigenvalue weighted by molar-refractivity contribution is 5.15. The maximum absolute atomic E-state index is 5.36.